The summed E-state index contributed by atoms with van der Waals surface area (Å²) in [6, 6.07) is 8.38. The monoisotopic (exact) mass is 185 g/mol. The van der Waals surface area contributed by atoms with E-state index in [1.807, 2.05) is 6.07 Å². The molecule has 0 saturated heterocycles. The molecule has 1 aromatic heterocycles. The van der Waals surface area contributed by atoms with Crippen LogP contribution in [-0.2, 0) is 0 Å². The summed E-state index contributed by atoms with van der Waals surface area (Å²) in [5.74, 6) is -1.25. The van der Waals surface area contributed by atoms with Crippen molar-refractivity contribution in [3.63, 3.8) is 0 Å². The minimum atomic E-state index is -1.25. The van der Waals surface area contributed by atoms with Crippen LogP contribution in [0.1, 0.15) is 16.1 Å². The Hall–Kier alpha value is -2.28. The van der Waals surface area contributed by atoms with E-state index in [-0.39, 0.29) is 5.69 Å². The van der Waals surface area contributed by atoms with Gasteiger partial charge in [-0.25, -0.2) is 0 Å². The van der Waals surface area contributed by atoms with Gasteiger partial charge in [-0.15, -0.1) is 0 Å². The smallest absolute Gasteiger partial charge is 0.0992 e. The minimum absolute atomic E-state index is 0.0232. The second-order valence-electron chi connectivity index (χ2n) is 2.88. The molecular weight excluding hydrogens is 180 g/mol. The Kier molecular flexibility index (Phi) is 1.72. The molecule has 4 nitrogen and oxygen atoms in total. The van der Waals surface area contributed by atoms with E-state index in [2.05, 4.69) is 4.98 Å². The van der Waals surface area contributed by atoms with E-state index in [1.54, 1.807) is 18.2 Å². The van der Waals surface area contributed by atoms with E-state index in [9.17, 15) is 9.90 Å². The van der Waals surface area contributed by atoms with Gasteiger partial charge >= 0.3 is 0 Å². The number of aromatic nitrogens is 1. The Balaban J connectivity index is 2.67. The molecule has 2 aromatic rings. The zero-order chi connectivity index (χ0) is 10.1. The zero-order valence-electron chi connectivity index (χ0n) is 7.07. The van der Waals surface area contributed by atoms with Crippen LogP contribution in [0.15, 0.2) is 24.3 Å². The number of rotatable bonds is 1. The van der Waals surface area contributed by atoms with Gasteiger partial charge in [0.15, 0.2) is 0 Å². The molecule has 1 N–H and O–H groups in total. The summed E-state index contributed by atoms with van der Waals surface area (Å²) in [5.41, 5.74) is 1.14. The second-order valence-corrected chi connectivity index (χ2v) is 2.88. The first-order chi connectivity index (χ1) is 6.70. The SMILES string of the molecule is N#Cc1ccc2cc(C(=O)[O-])[nH]c2c1. The summed E-state index contributed by atoms with van der Waals surface area (Å²) >= 11 is 0. The van der Waals surface area contributed by atoms with Crippen molar-refractivity contribution in [2.24, 2.45) is 0 Å². The third-order valence-corrected chi connectivity index (χ3v) is 1.97. The summed E-state index contributed by atoms with van der Waals surface area (Å²) in [4.78, 5) is 13.2. The highest BCUT2D eigenvalue weighted by Gasteiger charge is 2.01. The summed E-state index contributed by atoms with van der Waals surface area (Å²) in [5, 5.41) is 19.9. The number of H-pyrrole nitrogens is 1. The molecule has 0 aliphatic rings. The van der Waals surface area contributed by atoms with Crippen LogP contribution in [0.4, 0.5) is 0 Å². The molecule has 1 aromatic carbocycles. The largest absolute Gasteiger partial charge is 0.543 e. The lowest BCUT2D eigenvalue weighted by molar-refractivity contribution is -0.255. The number of nitriles is 1. The molecule has 4 heteroatoms. The molecule has 0 atom stereocenters. The number of benzene rings is 1. The van der Waals surface area contributed by atoms with Gasteiger partial charge in [-0.1, -0.05) is 6.07 Å². The fraction of sp³-hybridized carbons (Fsp3) is 0. The fourth-order valence-electron chi connectivity index (χ4n) is 1.31. The van der Waals surface area contributed by atoms with Crippen molar-refractivity contribution in [1.82, 2.24) is 4.98 Å². The highest BCUT2D eigenvalue weighted by Crippen LogP contribution is 2.16. The van der Waals surface area contributed by atoms with E-state index in [0.717, 1.165) is 5.39 Å². The van der Waals surface area contributed by atoms with Crippen molar-refractivity contribution in [2.75, 3.05) is 0 Å². The molecule has 0 amide bonds. The van der Waals surface area contributed by atoms with Crippen molar-refractivity contribution in [1.29, 1.82) is 5.26 Å². The first-order valence-corrected chi connectivity index (χ1v) is 3.95. The van der Waals surface area contributed by atoms with E-state index in [4.69, 9.17) is 5.26 Å². The third-order valence-electron chi connectivity index (χ3n) is 1.97. The number of nitrogens with one attached hydrogen (secondary N) is 1. The molecule has 0 unspecified atom stereocenters. The predicted octanol–water partition coefficient (Wildman–Crippen LogP) is 0.403. The minimum Gasteiger partial charge on any atom is -0.543 e. The number of carbonyl (C=O) groups excluding carboxylic acids is 1. The average molecular weight is 185 g/mol. The molecule has 0 aliphatic carbocycles. The molecule has 14 heavy (non-hydrogen) atoms. The van der Waals surface area contributed by atoms with Gasteiger partial charge in [0, 0.05) is 10.9 Å². The van der Waals surface area contributed by atoms with Crippen molar-refractivity contribution in [2.45, 2.75) is 0 Å². The molecular formula is C10H5N2O2-. The highest BCUT2D eigenvalue weighted by molar-refractivity contribution is 5.93. The number of hydrogen-bond donors (Lipinski definition) is 1. The molecule has 0 saturated carbocycles. The van der Waals surface area contributed by atoms with Crippen molar-refractivity contribution in [3.05, 3.63) is 35.5 Å². The van der Waals surface area contributed by atoms with Crippen LogP contribution in [0.5, 0.6) is 0 Å². The number of carboxylic acid groups (broad SMARTS) is 1. The number of aromatic amines is 1. The Bertz CT molecular complexity index is 549. The second kappa shape index (κ2) is 2.89. The predicted molar refractivity (Wildman–Crippen MR) is 47.3 cm³/mol. The van der Waals surface area contributed by atoms with Gasteiger partial charge < -0.3 is 14.9 Å². The Morgan fingerprint density at radius 1 is 1.43 bits per heavy atom. The summed E-state index contributed by atoms with van der Waals surface area (Å²) < 4.78 is 0. The van der Waals surface area contributed by atoms with Crippen LogP contribution in [0.2, 0.25) is 0 Å². The van der Waals surface area contributed by atoms with Crippen LogP contribution in [0.25, 0.3) is 10.9 Å². The van der Waals surface area contributed by atoms with Crippen LogP contribution < -0.4 is 5.11 Å². The maximum absolute atomic E-state index is 10.5. The van der Waals surface area contributed by atoms with Gasteiger partial charge in [0.1, 0.15) is 0 Å². The number of hydrogen-bond acceptors (Lipinski definition) is 3. The highest BCUT2D eigenvalue weighted by atomic mass is 16.4. The van der Waals surface area contributed by atoms with Crippen LogP contribution in [0.3, 0.4) is 0 Å². The lowest BCUT2D eigenvalue weighted by Crippen LogP contribution is -2.22. The molecule has 0 bridgehead atoms. The van der Waals surface area contributed by atoms with Crippen LogP contribution >= 0.6 is 0 Å². The fourth-order valence-corrected chi connectivity index (χ4v) is 1.31. The Morgan fingerprint density at radius 3 is 2.86 bits per heavy atom. The Labute approximate surface area is 79.4 Å². The number of nitrogens with zero attached hydrogens (tertiary/aromatic N) is 1. The zero-order valence-corrected chi connectivity index (χ0v) is 7.07. The molecule has 0 fully saturated rings. The molecule has 0 spiro atoms. The number of aromatic carboxylic acids is 1. The summed E-state index contributed by atoms with van der Waals surface area (Å²) in [6.45, 7) is 0. The Morgan fingerprint density at radius 2 is 2.21 bits per heavy atom. The first-order valence-electron chi connectivity index (χ1n) is 3.95. The lowest BCUT2D eigenvalue weighted by atomic mass is 10.2. The molecule has 68 valence electrons. The van der Waals surface area contributed by atoms with E-state index >= 15 is 0 Å². The van der Waals surface area contributed by atoms with Gasteiger partial charge in [-0.2, -0.15) is 5.26 Å². The van der Waals surface area contributed by atoms with Crippen molar-refractivity contribution < 1.29 is 9.90 Å². The molecule has 0 radical (unpaired) electrons. The lowest BCUT2D eigenvalue weighted by Gasteiger charge is -1.94. The van der Waals surface area contributed by atoms with Crippen molar-refractivity contribution in [3.8, 4) is 6.07 Å². The number of carbonyl (C=O) groups is 1. The van der Waals surface area contributed by atoms with Crippen LogP contribution in [-0.4, -0.2) is 11.0 Å². The number of carboxylic acids is 1. The van der Waals surface area contributed by atoms with Crippen LogP contribution in [0, 0.1) is 11.3 Å². The van der Waals surface area contributed by atoms with Gasteiger partial charge in [-0.3, -0.25) is 0 Å². The maximum Gasteiger partial charge on any atom is 0.0992 e. The number of fused-ring (bicyclic) bond motifs is 1. The topological polar surface area (TPSA) is 79.7 Å². The van der Waals surface area contributed by atoms with Gasteiger partial charge in [0.2, 0.25) is 0 Å². The molecule has 1 heterocycles. The first kappa shape index (κ1) is 8.32. The molecule has 0 aliphatic heterocycles. The third kappa shape index (κ3) is 1.21. The molecule has 2 rings (SSSR count). The van der Waals surface area contributed by atoms with E-state index in [0.29, 0.717) is 11.1 Å². The average Bonchev–Trinajstić information content (AvgIpc) is 2.59. The standard InChI is InChI=1S/C10H6N2O2/c11-5-6-1-2-7-4-9(10(13)14)12-8(7)3-6/h1-4,12H,(H,13,14)/p-1. The summed E-state index contributed by atoms with van der Waals surface area (Å²) in [7, 11) is 0. The van der Waals surface area contributed by atoms with E-state index in [1.165, 1.54) is 6.07 Å². The normalized spacial score (nSPS) is 9.93. The van der Waals surface area contributed by atoms with E-state index < -0.39 is 5.97 Å². The maximum atomic E-state index is 10.5. The van der Waals surface area contributed by atoms with Gasteiger partial charge in [-0.05, 0) is 18.2 Å². The van der Waals surface area contributed by atoms with Gasteiger partial charge in [0.05, 0.1) is 23.3 Å². The van der Waals surface area contributed by atoms with Crippen molar-refractivity contribution >= 4 is 16.9 Å². The van der Waals surface area contributed by atoms with Gasteiger partial charge in [0.25, 0.3) is 0 Å². The summed E-state index contributed by atoms with van der Waals surface area (Å²) in [6.07, 6.45) is 0. The quantitative estimate of drug-likeness (QED) is 0.698.